The number of alkyl halides is 3. The molecule has 1 saturated heterocycles. The fraction of sp³-hybridized carbons (Fsp3) is 0.250. The van der Waals surface area contributed by atoms with Crippen molar-refractivity contribution in [2.45, 2.75) is 18.9 Å². The van der Waals surface area contributed by atoms with Gasteiger partial charge in [0.1, 0.15) is 16.6 Å². The number of aliphatic hydroxyl groups excluding tert-OH is 1. The highest BCUT2D eigenvalue weighted by Crippen LogP contribution is 2.33. The van der Waals surface area contributed by atoms with E-state index in [0.29, 0.717) is 41.6 Å². The first-order valence-electron chi connectivity index (χ1n) is 9.28. The lowest BCUT2D eigenvalue weighted by atomic mass is 10.1. The molecule has 0 bridgehead atoms. The molecular formula is C20H17F3N4O3S. The Morgan fingerprint density at radius 1 is 1.26 bits per heavy atom. The topological polar surface area (TPSA) is 87.6 Å². The van der Waals surface area contributed by atoms with Gasteiger partial charge in [-0.3, -0.25) is 4.79 Å². The number of hydrogen-bond donors (Lipinski definition) is 2. The number of carbonyl (C=O) groups excluding carboxylic acids is 1. The predicted octanol–water partition coefficient (Wildman–Crippen LogP) is 3.93. The van der Waals surface area contributed by atoms with Crippen LogP contribution in [-0.2, 0) is 0 Å². The van der Waals surface area contributed by atoms with Crippen molar-refractivity contribution in [2.75, 3.05) is 23.3 Å². The molecule has 1 fully saturated rings. The first-order chi connectivity index (χ1) is 14.8. The van der Waals surface area contributed by atoms with Crippen LogP contribution in [0.5, 0.6) is 5.75 Å². The number of pyridine rings is 1. The molecule has 1 unspecified atom stereocenters. The van der Waals surface area contributed by atoms with Crippen LogP contribution in [0.4, 0.5) is 24.7 Å². The number of nitrogens with one attached hydrogen (secondary N) is 1. The van der Waals surface area contributed by atoms with Gasteiger partial charge in [-0.15, -0.1) is 24.5 Å². The van der Waals surface area contributed by atoms with Crippen LogP contribution in [0.15, 0.2) is 48.1 Å². The van der Waals surface area contributed by atoms with Gasteiger partial charge < -0.3 is 20.1 Å². The molecule has 11 heteroatoms. The molecule has 162 valence electrons. The van der Waals surface area contributed by atoms with E-state index in [1.54, 1.807) is 12.3 Å². The molecule has 1 aliphatic rings. The van der Waals surface area contributed by atoms with Crippen molar-refractivity contribution in [1.29, 1.82) is 0 Å². The van der Waals surface area contributed by atoms with E-state index in [9.17, 15) is 23.1 Å². The molecule has 1 atom stereocenters. The number of anilines is 2. The van der Waals surface area contributed by atoms with Crippen LogP contribution in [0.2, 0.25) is 0 Å². The van der Waals surface area contributed by atoms with Gasteiger partial charge in [0.05, 0.1) is 17.2 Å². The number of rotatable bonds is 5. The minimum atomic E-state index is -4.78. The van der Waals surface area contributed by atoms with Gasteiger partial charge in [-0.25, -0.2) is 9.97 Å². The monoisotopic (exact) mass is 450 g/mol. The Labute approximate surface area is 179 Å². The summed E-state index contributed by atoms with van der Waals surface area (Å²) in [6.07, 6.45) is -1.50. The van der Waals surface area contributed by atoms with Gasteiger partial charge in [-0.2, -0.15) is 0 Å². The third-order valence-corrected chi connectivity index (χ3v) is 5.41. The molecule has 2 aromatic heterocycles. The van der Waals surface area contributed by atoms with Crippen molar-refractivity contribution >= 4 is 28.7 Å². The summed E-state index contributed by atoms with van der Waals surface area (Å²) < 4.78 is 40.6. The summed E-state index contributed by atoms with van der Waals surface area (Å²) in [5.41, 5.74) is 1.25. The quantitative estimate of drug-likeness (QED) is 0.613. The van der Waals surface area contributed by atoms with Crippen LogP contribution in [0.25, 0.3) is 10.6 Å². The molecule has 3 heterocycles. The minimum absolute atomic E-state index is 0.268. The summed E-state index contributed by atoms with van der Waals surface area (Å²) in [5.74, 6) is -0.213. The molecule has 0 radical (unpaired) electrons. The molecule has 0 spiro atoms. The Balaban J connectivity index is 1.55. The van der Waals surface area contributed by atoms with Crippen molar-refractivity contribution in [3.63, 3.8) is 0 Å². The number of ether oxygens (including phenoxy) is 1. The number of benzene rings is 1. The summed E-state index contributed by atoms with van der Waals surface area (Å²) in [7, 11) is 0. The van der Waals surface area contributed by atoms with Gasteiger partial charge in [0, 0.05) is 36.6 Å². The maximum absolute atomic E-state index is 12.7. The second-order valence-corrected chi connectivity index (χ2v) is 7.74. The SMILES string of the molecule is O=C(Nc1ccc(OC(F)(F)F)cc1)c1cnc(N2CCC(O)C2)c(-c2nccs2)c1. The van der Waals surface area contributed by atoms with Gasteiger partial charge in [0.15, 0.2) is 0 Å². The predicted molar refractivity (Wildman–Crippen MR) is 109 cm³/mol. The summed E-state index contributed by atoms with van der Waals surface area (Å²) in [5, 5.41) is 15.0. The third-order valence-electron chi connectivity index (χ3n) is 4.60. The lowest BCUT2D eigenvalue weighted by molar-refractivity contribution is -0.274. The zero-order valence-electron chi connectivity index (χ0n) is 16.0. The van der Waals surface area contributed by atoms with Crippen LogP contribution in [0, 0.1) is 0 Å². The highest BCUT2D eigenvalue weighted by molar-refractivity contribution is 7.13. The average Bonchev–Trinajstić information content (AvgIpc) is 3.40. The Hall–Kier alpha value is -3.18. The molecule has 1 aromatic carbocycles. The Kier molecular flexibility index (Phi) is 5.79. The van der Waals surface area contributed by atoms with Crippen molar-refractivity contribution in [2.24, 2.45) is 0 Å². The Morgan fingerprint density at radius 3 is 2.65 bits per heavy atom. The molecule has 7 nitrogen and oxygen atoms in total. The average molecular weight is 450 g/mol. The molecule has 3 aromatic rings. The van der Waals surface area contributed by atoms with Crippen molar-refractivity contribution in [3.8, 4) is 16.3 Å². The molecule has 1 amide bonds. The summed E-state index contributed by atoms with van der Waals surface area (Å²) in [6.45, 7) is 1.09. The molecule has 0 saturated carbocycles. The van der Waals surface area contributed by atoms with Gasteiger partial charge in [0.25, 0.3) is 5.91 Å². The number of amides is 1. The number of halogens is 3. The fourth-order valence-corrected chi connectivity index (χ4v) is 3.87. The molecule has 1 aliphatic heterocycles. The largest absolute Gasteiger partial charge is 0.573 e. The second kappa shape index (κ2) is 8.52. The maximum atomic E-state index is 12.7. The number of β-amino-alcohol motifs (C(OH)–C–C–N with tert-alkyl or cyclic N) is 1. The first-order valence-corrected chi connectivity index (χ1v) is 10.2. The zero-order valence-corrected chi connectivity index (χ0v) is 16.8. The number of aliphatic hydroxyl groups is 1. The number of hydrogen-bond acceptors (Lipinski definition) is 7. The van der Waals surface area contributed by atoms with E-state index in [1.807, 2.05) is 10.3 Å². The summed E-state index contributed by atoms with van der Waals surface area (Å²) >= 11 is 1.40. The standard InChI is InChI=1S/C20H17F3N4O3S/c21-20(22,23)30-15-3-1-13(2-4-15)26-18(29)12-9-16(19-24-6-8-31-19)17(25-10-12)27-7-5-14(28)11-27/h1-4,6,8-10,14,28H,5,7,11H2,(H,26,29). The van der Waals surface area contributed by atoms with E-state index in [1.165, 1.54) is 29.7 Å². The summed E-state index contributed by atoms with van der Waals surface area (Å²) in [6, 6.07) is 6.53. The fourth-order valence-electron chi connectivity index (χ4n) is 3.22. The van der Waals surface area contributed by atoms with Crippen molar-refractivity contribution < 1.29 is 27.8 Å². The molecule has 0 aliphatic carbocycles. The maximum Gasteiger partial charge on any atom is 0.573 e. The second-order valence-electron chi connectivity index (χ2n) is 6.85. The number of thiazole rings is 1. The Bertz CT molecular complexity index is 1060. The van der Waals surface area contributed by atoms with Crippen LogP contribution in [0.3, 0.4) is 0 Å². The van der Waals surface area contributed by atoms with Gasteiger partial charge >= 0.3 is 6.36 Å². The third kappa shape index (κ3) is 5.12. The van der Waals surface area contributed by atoms with E-state index in [4.69, 9.17) is 0 Å². The van der Waals surface area contributed by atoms with E-state index >= 15 is 0 Å². The van der Waals surface area contributed by atoms with Crippen molar-refractivity contribution in [1.82, 2.24) is 9.97 Å². The zero-order chi connectivity index (χ0) is 22.0. The lowest BCUT2D eigenvalue weighted by Gasteiger charge is -2.20. The van der Waals surface area contributed by atoms with Gasteiger partial charge in [-0.1, -0.05) is 0 Å². The number of nitrogens with zero attached hydrogens (tertiary/aromatic N) is 3. The van der Waals surface area contributed by atoms with Crippen LogP contribution in [-0.4, -0.2) is 46.5 Å². The normalized spacial score (nSPS) is 16.4. The van der Waals surface area contributed by atoms with E-state index in [0.717, 1.165) is 12.1 Å². The van der Waals surface area contributed by atoms with Crippen molar-refractivity contribution in [3.05, 3.63) is 53.7 Å². The van der Waals surface area contributed by atoms with E-state index < -0.39 is 18.4 Å². The highest BCUT2D eigenvalue weighted by atomic mass is 32.1. The number of carbonyl (C=O) groups is 1. The Morgan fingerprint density at radius 2 is 2.03 bits per heavy atom. The van der Waals surface area contributed by atoms with Crippen LogP contribution < -0.4 is 15.0 Å². The molecule has 31 heavy (non-hydrogen) atoms. The van der Waals surface area contributed by atoms with E-state index in [-0.39, 0.29) is 11.3 Å². The first kappa shape index (κ1) is 21.1. The molecule has 2 N–H and O–H groups in total. The lowest BCUT2D eigenvalue weighted by Crippen LogP contribution is -2.23. The smallest absolute Gasteiger partial charge is 0.406 e. The van der Waals surface area contributed by atoms with Gasteiger partial charge in [-0.05, 0) is 36.8 Å². The number of aromatic nitrogens is 2. The summed E-state index contributed by atoms with van der Waals surface area (Å²) in [4.78, 5) is 23.4. The van der Waals surface area contributed by atoms with Crippen LogP contribution in [0.1, 0.15) is 16.8 Å². The van der Waals surface area contributed by atoms with Crippen LogP contribution >= 0.6 is 11.3 Å². The minimum Gasteiger partial charge on any atom is -0.406 e. The van der Waals surface area contributed by atoms with E-state index in [2.05, 4.69) is 20.0 Å². The molecule has 4 rings (SSSR count). The van der Waals surface area contributed by atoms with Gasteiger partial charge in [0.2, 0.25) is 0 Å². The molecular weight excluding hydrogens is 433 g/mol. The highest BCUT2D eigenvalue weighted by Gasteiger charge is 2.31.